The van der Waals surface area contributed by atoms with Crippen LogP contribution in [0.4, 0.5) is 0 Å². The summed E-state index contributed by atoms with van der Waals surface area (Å²) in [5.74, 6) is 0. The third kappa shape index (κ3) is 2.89. The van der Waals surface area contributed by atoms with Gasteiger partial charge in [-0.3, -0.25) is 0 Å². The minimum atomic E-state index is 0.198. The van der Waals surface area contributed by atoms with E-state index in [0.29, 0.717) is 0 Å². The molecule has 0 atom stereocenters. The molecule has 0 aromatic heterocycles. The van der Waals surface area contributed by atoms with E-state index in [1.807, 2.05) is 12.2 Å². The largest absolute Gasteiger partial charge is 0.303 e. The fraction of sp³-hybridized carbons (Fsp3) is 0.600. The van der Waals surface area contributed by atoms with Gasteiger partial charge in [-0.05, 0) is 33.9 Å². The molecular formula is C10H19N. The van der Waals surface area contributed by atoms with Crippen LogP contribution in [0.25, 0.3) is 0 Å². The molecule has 0 fully saturated rings. The molecule has 0 heterocycles. The van der Waals surface area contributed by atoms with E-state index >= 15 is 0 Å². The van der Waals surface area contributed by atoms with Crippen molar-refractivity contribution in [3.8, 4) is 0 Å². The Kier molecular flexibility index (Phi) is 4.12. The summed E-state index contributed by atoms with van der Waals surface area (Å²) in [6.45, 7) is 9.72. The van der Waals surface area contributed by atoms with Crippen molar-refractivity contribution in [1.82, 2.24) is 4.90 Å². The van der Waals surface area contributed by atoms with E-state index in [2.05, 4.69) is 39.1 Å². The van der Waals surface area contributed by atoms with Gasteiger partial charge in [-0.25, -0.2) is 0 Å². The molecular weight excluding hydrogens is 134 g/mol. The minimum Gasteiger partial charge on any atom is -0.303 e. The summed E-state index contributed by atoms with van der Waals surface area (Å²) in [5.41, 5.74) is 0.198. The highest BCUT2D eigenvalue weighted by atomic mass is 15.1. The number of nitrogens with zero attached hydrogens (tertiary/aromatic N) is 1. The Labute approximate surface area is 70.4 Å². The summed E-state index contributed by atoms with van der Waals surface area (Å²) >= 11 is 0. The lowest BCUT2D eigenvalue weighted by Gasteiger charge is -2.34. The molecule has 64 valence electrons. The average Bonchev–Trinajstić information content (AvgIpc) is 1.88. The van der Waals surface area contributed by atoms with E-state index in [1.54, 1.807) is 0 Å². The zero-order chi connectivity index (χ0) is 8.91. The fourth-order valence-electron chi connectivity index (χ4n) is 1.07. The zero-order valence-electron chi connectivity index (χ0n) is 7.93. The molecule has 11 heavy (non-hydrogen) atoms. The van der Waals surface area contributed by atoms with Crippen molar-refractivity contribution >= 4 is 0 Å². The first-order chi connectivity index (χ1) is 5.06. The third-order valence-electron chi connectivity index (χ3n) is 2.25. The lowest BCUT2D eigenvalue weighted by molar-refractivity contribution is 0.179. The van der Waals surface area contributed by atoms with Crippen LogP contribution in [0.1, 0.15) is 19.8 Å². The van der Waals surface area contributed by atoms with Crippen LogP contribution >= 0.6 is 0 Å². The molecule has 0 aliphatic rings. The molecule has 1 nitrogen and oxygen atoms in total. The van der Waals surface area contributed by atoms with Crippen LogP contribution in [-0.2, 0) is 0 Å². The highest BCUT2D eigenvalue weighted by Crippen LogP contribution is 2.21. The van der Waals surface area contributed by atoms with Gasteiger partial charge in [-0.2, -0.15) is 0 Å². The van der Waals surface area contributed by atoms with Crippen molar-refractivity contribution in [1.29, 1.82) is 0 Å². The molecule has 0 saturated carbocycles. The van der Waals surface area contributed by atoms with E-state index in [-0.39, 0.29) is 5.54 Å². The second kappa shape index (κ2) is 4.35. The standard InChI is InChI=1S/C10H19N/c1-6-8-10(3,9-7-2)11(4)5/h6-7H,1-2,8-9H2,3-5H3. The highest BCUT2D eigenvalue weighted by molar-refractivity contribution is 4.94. The van der Waals surface area contributed by atoms with Gasteiger partial charge in [-0.15, -0.1) is 13.2 Å². The van der Waals surface area contributed by atoms with Crippen molar-refractivity contribution in [3.05, 3.63) is 25.3 Å². The van der Waals surface area contributed by atoms with E-state index < -0.39 is 0 Å². The number of hydrogen-bond donors (Lipinski definition) is 0. The van der Waals surface area contributed by atoms with Crippen molar-refractivity contribution < 1.29 is 0 Å². The summed E-state index contributed by atoms with van der Waals surface area (Å²) in [6.07, 6.45) is 5.94. The summed E-state index contributed by atoms with van der Waals surface area (Å²) in [5, 5.41) is 0. The maximum Gasteiger partial charge on any atom is 0.0243 e. The van der Waals surface area contributed by atoms with Gasteiger partial charge in [0.1, 0.15) is 0 Å². The van der Waals surface area contributed by atoms with Gasteiger partial charge < -0.3 is 4.90 Å². The van der Waals surface area contributed by atoms with Gasteiger partial charge in [0.05, 0.1) is 0 Å². The Balaban J connectivity index is 4.23. The quantitative estimate of drug-likeness (QED) is 0.548. The van der Waals surface area contributed by atoms with E-state index in [1.165, 1.54) is 0 Å². The predicted molar refractivity (Wildman–Crippen MR) is 51.7 cm³/mol. The van der Waals surface area contributed by atoms with Gasteiger partial charge in [-0.1, -0.05) is 12.2 Å². The van der Waals surface area contributed by atoms with Gasteiger partial charge in [0.25, 0.3) is 0 Å². The molecule has 0 amide bonds. The van der Waals surface area contributed by atoms with E-state index in [4.69, 9.17) is 0 Å². The molecule has 0 aliphatic carbocycles. The maximum absolute atomic E-state index is 3.75. The molecule has 0 unspecified atom stereocenters. The first kappa shape index (κ1) is 10.4. The molecule has 0 rings (SSSR count). The van der Waals surface area contributed by atoms with Crippen LogP contribution in [0.15, 0.2) is 25.3 Å². The number of hydrogen-bond acceptors (Lipinski definition) is 1. The normalized spacial score (nSPS) is 11.6. The van der Waals surface area contributed by atoms with Gasteiger partial charge in [0.2, 0.25) is 0 Å². The Morgan fingerprint density at radius 1 is 1.18 bits per heavy atom. The smallest absolute Gasteiger partial charge is 0.0243 e. The van der Waals surface area contributed by atoms with Crippen molar-refractivity contribution in [2.45, 2.75) is 25.3 Å². The second-order valence-electron chi connectivity index (χ2n) is 3.38. The molecule has 0 bridgehead atoms. The first-order valence-electron chi connectivity index (χ1n) is 3.96. The fourth-order valence-corrected chi connectivity index (χ4v) is 1.07. The molecule has 0 aromatic carbocycles. The Morgan fingerprint density at radius 3 is 1.73 bits per heavy atom. The average molecular weight is 153 g/mol. The van der Waals surface area contributed by atoms with Crippen molar-refractivity contribution in [3.63, 3.8) is 0 Å². The lowest BCUT2D eigenvalue weighted by Crippen LogP contribution is -2.40. The van der Waals surface area contributed by atoms with Crippen LogP contribution in [0, 0.1) is 0 Å². The minimum absolute atomic E-state index is 0.198. The topological polar surface area (TPSA) is 3.24 Å². The lowest BCUT2D eigenvalue weighted by atomic mass is 9.92. The Morgan fingerprint density at radius 2 is 1.55 bits per heavy atom. The Bertz CT molecular complexity index is 126. The molecule has 0 aliphatic heterocycles. The summed E-state index contributed by atoms with van der Waals surface area (Å²) in [7, 11) is 4.18. The van der Waals surface area contributed by atoms with Crippen molar-refractivity contribution in [2.24, 2.45) is 0 Å². The Hall–Kier alpha value is -0.560. The molecule has 1 heteroatoms. The zero-order valence-corrected chi connectivity index (χ0v) is 7.93. The SMILES string of the molecule is C=CCC(C)(CC=C)N(C)C. The summed E-state index contributed by atoms with van der Waals surface area (Å²) < 4.78 is 0. The first-order valence-corrected chi connectivity index (χ1v) is 3.96. The van der Waals surface area contributed by atoms with Crippen LogP contribution in [-0.4, -0.2) is 24.5 Å². The predicted octanol–water partition coefficient (Wildman–Crippen LogP) is 2.46. The number of rotatable bonds is 5. The monoisotopic (exact) mass is 153 g/mol. The highest BCUT2D eigenvalue weighted by Gasteiger charge is 2.22. The van der Waals surface area contributed by atoms with Crippen LogP contribution < -0.4 is 0 Å². The molecule has 0 spiro atoms. The molecule has 0 radical (unpaired) electrons. The molecule has 0 saturated heterocycles. The maximum atomic E-state index is 3.75. The van der Waals surface area contributed by atoms with Gasteiger partial charge in [0.15, 0.2) is 0 Å². The summed E-state index contributed by atoms with van der Waals surface area (Å²) in [6, 6.07) is 0. The van der Waals surface area contributed by atoms with Crippen molar-refractivity contribution in [2.75, 3.05) is 14.1 Å². The van der Waals surface area contributed by atoms with Gasteiger partial charge in [0, 0.05) is 5.54 Å². The third-order valence-corrected chi connectivity index (χ3v) is 2.25. The molecule has 0 aromatic rings. The second-order valence-corrected chi connectivity index (χ2v) is 3.38. The van der Waals surface area contributed by atoms with Crippen LogP contribution in [0.3, 0.4) is 0 Å². The van der Waals surface area contributed by atoms with E-state index in [9.17, 15) is 0 Å². The summed E-state index contributed by atoms with van der Waals surface area (Å²) in [4.78, 5) is 2.22. The van der Waals surface area contributed by atoms with E-state index in [0.717, 1.165) is 12.8 Å². The molecule has 0 N–H and O–H groups in total. The van der Waals surface area contributed by atoms with Crippen LogP contribution in [0.2, 0.25) is 0 Å². The van der Waals surface area contributed by atoms with Gasteiger partial charge >= 0.3 is 0 Å². The van der Waals surface area contributed by atoms with Crippen LogP contribution in [0.5, 0.6) is 0 Å².